The minimum Gasteiger partial charge on any atom is -0.399 e. The zero-order valence-electron chi connectivity index (χ0n) is 15.2. The molecule has 3 N–H and O–H groups in total. The van der Waals surface area contributed by atoms with Crippen LogP contribution in [-0.2, 0) is 10.0 Å². The van der Waals surface area contributed by atoms with E-state index in [4.69, 9.17) is 5.73 Å². The van der Waals surface area contributed by atoms with Crippen LogP contribution >= 0.6 is 12.4 Å². The number of sulfonamides is 1. The summed E-state index contributed by atoms with van der Waals surface area (Å²) < 4.78 is 26.6. The summed E-state index contributed by atoms with van der Waals surface area (Å²) in [6.07, 6.45) is 0. The maximum Gasteiger partial charge on any atom is 0.255 e. The quantitative estimate of drug-likeness (QED) is 0.757. The molecule has 6 nitrogen and oxygen atoms in total. The number of carbonyl (C=O) groups is 1. The molecule has 0 atom stereocenters. The third kappa shape index (κ3) is 4.75. The molecular formula is C18H24ClN3O3S. The fourth-order valence-electron chi connectivity index (χ4n) is 2.21. The van der Waals surface area contributed by atoms with Gasteiger partial charge in [0.25, 0.3) is 5.91 Å². The van der Waals surface area contributed by atoms with Crippen molar-refractivity contribution in [3.63, 3.8) is 0 Å². The van der Waals surface area contributed by atoms with Crippen LogP contribution in [0.3, 0.4) is 0 Å². The molecule has 8 heteroatoms. The number of hydrogen-bond acceptors (Lipinski definition) is 4. The number of aryl methyl sites for hydroxylation is 1. The fraction of sp³-hybridized carbons (Fsp3) is 0.278. The highest BCUT2D eigenvalue weighted by Crippen LogP contribution is 2.24. The minimum absolute atomic E-state index is 0. The molecule has 0 saturated carbocycles. The lowest BCUT2D eigenvalue weighted by Crippen LogP contribution is -2.33. The predicted octanol–water partition coefficient (Wildman–Crippen LogP) is 3.28. The van der Waals surface area contributed by atoms with Gasteiger partial charge < -0.3 is 11.1 Å². The normalized spacial score (nSPS) is 11.3. The number of nitrogens with zero attached hydrogens (tertiary/aromatic N) is 1. The van der Waals surface area contributed by atoms with Crippen molar-refractivity contribution in [3.8, 4) is 0 Å². The highest BCUT2D eigenvalue weighted by Gasteiger charge is 2.24. The summed E-state index contributed by atoms with van der Waals surface area (Å²) >= 11 is 0. The van der Waals surface area contributed by atoms with Crippen LogP contribution < -0.4 is 11.1 Å². The van der Waals surface area contributed by atoms with Gasteiger partial charge in [-0.25, -0.2) is 8.42 Å². The summed E-state index contributed by atoms with van der Waals surface area (Å²) in [6, 6.07) is 11.1. The van der Waals surface area contributed by atoms with E-state index < -0.39 is 10.0 Å². The number of amides is 1. The largest absolute Gasteiger partial charge is 0.399 e. The van der Waals surface area contributed by atoms with Crippen LogP contribution in [0.15, 0.2) is 47.4 Å². The lowest BCUT2D eigenvalue weighted by Gasteiger charge is -2.21. The van der Waals surface area contributed by atoms with Gasteiger partial charge in [0.2, 0.25) is 10.0 Å². The fourth-order valence-corrected chi connectivity index (χ4v) is 3.61. The van der Waals surface area contributed by atoms with Crippen LogP contribution in [0, 0.1) is 6.92 Å². The maximum atomic E-state index is 12.6. The van der Waals surface area contributed by atoms with Gasteiger partial charge in [-0.05, 0) is 56.7 Å². The predicted molar refractivity (Wildman–Crippen MR) is 107 cm³/mol. The number of nitrogens with one attached hydrogen (secondary N) is 1. The standard InChI is InChI=1S/C18H23N3O3S.ClH/c1-12(2)21(4)25(23,24)16-9-8-13(3)17(11-16)20-18(22)14-6-5-7-15(19)10-14;/h5-12H,19H2,1-4H3,(H,20,22);1H. The molecule has 0 aromatic heterocycles. The Bertz CT molecular complexity index is 898. The number of rotatable bonds is 5. The van der Waals surface area contributed by atoms with E-state index in [0.29, 0.717) is 16.9 Å². The average molecular weight is 398 g/mol. The summed E-state index contributed by atoms with van der Waals surface area (Å²) in [5, 5.41) is 2.76. The Morgan fingerprint density at radius 1 is 1.15 bits per heavy atom. The molecule has 0 saturated heterocycles. The van der Waals surface area contributed by atoms with Crippen LogP contribution in [0.1, 0.15) is 29.8 Å². The average Bonchev–Trinajstić information content (AvgIpc) is 2.55. The molecule has 0 aliphatic carbocycles. The second-order valence-corrected chi connectivity index (χ2v) is 8.17. The van der Waals surface area contributed by atoms with Crippen molar-refractivity contribution in [3.05, 3.63) is 53.6 Å². The van der Waals surface area contributed by atoms with E-state index in [1.54, 1.807) is 57.2 Å². The summed E-state index contributed by atoms with van der Waals surface area (Å²) in [6.45, 7) is 5.40. The van der Waals surface area contributed by atoms with E-state index in [1.807, 2.05) is 0 Å². The van der Waals surface area contributed by atoms with E-state index in [9.17, 15) is 13.2 Å². The molecule has 2 rings (SSSR count). The molecule has 0 aliphatic rings. The number of hydrogen-bond donors (Lipinski definition) is 2. The molecule has 1 amide bonds. The third-order valence-electron chi connectivity index (χ3n) is 4.01. The lowest BCUT2D eigenvalue weighted by atomic mass is 10.1. The number of nitrogen functional groups attached to an aromatic ring is 1. The number of anilines is 2. The van der Waals surface area contributed by atoms with Gasteiger partial charge in [0, 0.05) is 30.0 Å². The number of benzene rings is 2. The first-order chi connectivity index (χ1) is 11.6. The van der Waals surface area contributed by atoms with Crippen molar-refractivity contribution in [2.24, 2.45) is 0 Å². The van der Waals surface area contributed by atoms with Crippen molar-refractivity contribution in [2.75, 3.05) is 18.1 Å². The van der Waals surface area contributed by atoms with Gasteiger partial charge in [0.05, 0.1) is 4.90 Å². The van der Waals surface area contributed by atoms with Gasteiger partial charge in [-0.1, -0.05) is 12.1 Å². The van der Waals surface area contributed by atoms with Crippen molar-refractivity contribution in [2.45, 2.75) is 31.7 Å². The minimum atomic E-state index is -3.62. The highest BCUT2D eigenvalue weighted by atomic mass is 35.5. The second kappa shape index (κ2) is 8.53. The summed E-state index contributed by atoms with van der Waals surface area (Å²) in [5.41, 5.74) is 7.81. The Labute approximate surface area is 160 Å². The lowest BCUT2D eigenvalue weighted by molar-refractivity contribution is 0.102. The van der Waals surface area contributed by atoms with E-state index in [2.05, 4.69) is 5.32 Å². The van der Waals surface area contributed by atoms with E-state index >= 15 is 0 Å². The van der Waals surface area contributed by atoms with Crippen LogP contribution in [-0.4, -0.2) is 31.7 Å². The number of halogens is 1. The Balaban J connectivity index is 0.00000338. The molecule has 0 spiro atoms. The maximum absolute atomic E-state index is 12.6. The van der Waals surface area contributed by atoms with Crippen molar-refractivity contribution in [1.29, 1.82) is 0 Å². The number of nitrogens with two attached hydrogens (primary N) is 1. The van der Waals surface area contributed by atoms with Gasteiger partial charge in [0.15, 0.2) is 0 Å². The first-order valence-electron chi connectivity index (χ1n) is 7.88. The molecular weight excluding hydrogens is 374 g/mol. The van der Waals surface area contributed by atoms with Crippen LogP contribution in [0.4, 0.5) is 11.4 Å². The first kappa shape index (κ1) is 22.0. The van der Waals surface area contributed by atoms with Gasteiger partial charge in [-0.3, -0.25) is 4.79 Å². The molecule has 0 radical (unpaired) electrons. The van der Waals surface area contributed by atoms with E-state index in [1.165, 1.54) is 17.4 Å². The molecule has 0 heterocycles. The zero-order chi connectivity index (χ0) is 18.8. The smallest absolute Gasteiger partial charge is 0.255 e. The number of carbonyl (C=O) groups excluding carboxylic acids is 1. The molecule has 0 unspecified atom stereocenters. The molecule has 0 fully saturated rings. The summed E-state index contributed by atoms with van der Waals surface area (Å²) in [7, 11) is -2.09. The topological polar surface area (TPSA) is 92.5 Å². The summed E-state index contributed by atoms with van der Waals surface area (Å²) in [5.74, 6) is -0.345. The first-order valence-corrected chi connectivity index (χ1v) is 9.32. The van der Waals surface area contributed by atoms with Gasteiger partial charge in [0.1, 0.15) is 0 Å². The Kier molecular flexibility index (Phi) is 7.20. The van der Waals surface area contributed by atoms with Crippen LogP contribution in [0.2, 0.25) is 0 Å². The van der Waals surface area contributed by atoms with Crippen molar-refractivity contribution in [1.82, 2.24) is 4.31 Å². The molecule has 2 aromatic rings. The molecule has 2 aromatic carbocycles. The van der Waals surface area contributed by atoms with E-state index in [-0.39, 0.29) is 29.3 Å². The molecule has 26 heavy (non-hydrogen) atoms. The van der Waals surface area contributed by atoms with Crippen LogP contribution in [0.25, 0.3) is 0 Å². The molecule has 0 bridgehead atoms. The SMILES string of the molecule is Cc1ccc(S(=O)(=O)N(C)C(C)C)cc1NC(=O)c1cccc(N)c1.Cl. The summed E-state index contributed by atoms with van der Waals surface area (Å²) in [4.78, 5) is 12.5. The molecule has 142 valence electrons. The van der Waals surface area contributed by atoms with Crippen LogP contribution in [0.5, 0.6) is 0 Å². The van der Waals surface area contributed by atoms with Crippen molar-refractivity contribution >= 4 is 39.7 Å². The van der Waals surface area contributed by atoms with E-state index in [0.717, 1.165) is 5.56 Å². The highest BCUT2D eigenvalue weighted by molar-refractivity contribution is 7.89. The third-order valence-corrected chi connectivity index (χ3v) is 6.04. The Hall–Kier alpha value is -2.09. The second-order valence-electron chi connectivity index (χ2n) is 6.17. The van der Waals surface area contributed by atoms with Gasteiger partial charge >= 0.3 is 0 Å². The Morgan fingerprint density at radius 3 is 2.38 bits per heavy atom. The van der Waals surface area contributed by atoms with Gasteiger partial charge in [-0.2, -0.15) is 4.31 Å². The van der Waals surface area contributed by atoms with Crippen molar-refractivity contribution < 1.29 is 13.2 Å². The monoisotopic (exact) mass is 397 g/mol. The zero-order valence-corrected chi connectivity index (χ0v) is 16.8. The molecule has 0 aliphatic heterocycles. The van der Waals surface area contributed by atoms with Gasteiger partial charge in [-0.15, -0.1) is 12.4 Å². The Morgan fingerprint density at radius 2 is 1.81 bits per heavy atom.